The highest BCUT2D eigenvalue weighted by molar-refractivity contribution is 7.11. The number of nitrogens with one attached hydrogen (secondary N) is 1. The molecule has 0 saturated heterocycles. The zero-order chi connectivity index (χ0) is 12.3. The van der Waals surface area contributed by atoms with E-state index in [1.807, 2.05) is 17.5 Å². The SMILES string of the molecule is CCC1CCCCC1NC(C)c1ncc(C)s1. The summed E-state index contributed by atoms with van der Waals surface area (Å²) in [6.45, 7) is 6.70. The van der Waals surface area contributed by atoms with Crippen molar-refractivity contribution < 1.29 is 0 Å². The van der Waals surface area contributed by atoms with Gasteiger partial charge in [-0.25, -0.2) is 4.98 Å². The minimum atomic E-state index is 0.408. The van der Waals surface area contributed by atoms with Gasteiger partial charge in [0.25, 0.3) is 0 Å². The summed E-state index contributed by atoms with van der Waals surface area (Å²) in [5.74, 6) is 0.868. The molecule has 2 nitrogen and oxygen atoms in total. The standard InChI is InChI=1S/C14H24N2S/c1-4-12-7-5-6-8-13(12)16-11(3)14-15-9-10(2)17-14/h9,11-13,16H,4-8H2,1-3H3. The van der Waals surface area contributed by atoms with Crippen LogP contribution < -0.4 is 5.32 Å². The van der Waals surface area contributed by atoms with E-state index in [0.29, 0.717) is 12.1 Å². The largest absolute Gasteiger partial charge is 0.305 e. The van der Waals surface area contributed by atoms with Crippen molar-refractivity contribution >= 4 is 11.3 Å². The highest BCUT2D eigenvalue weighted by atomic mass is 32.1. The van der Waals surface area contributed by atoms with E-state index in [2.05, 4.69) is 31.1 Å². The van der Waals surface area contributed by atoms with Crippen molar-refractivity contribution in [2.24, 2.45) is 5.92 Å². The molecule has 0 spiro atoms. The molecule has 1 saturated carbocycles. The smallest absolute Gasteiger partial charge is 0.109 e. The topological polar surface area (TPSA) is 24.9 Å². The minimum Gasteiger partial charge on any atom is -0.305 e. The van der Waals surface area contributed by atoms with E-state index in [0.717, 1.165) is 5.92 Å². The Labute approximate surface area is 109 Å². The maximum absolute atomic E-state index is 4.49. The number of hydrogen-bond donors (Lipinski definition) is 1. The maximum atomic E-state index is 4.49. The first-order chi connectivity index (χ1) is 8.20. The Morgan fingerprint density at radius 1 is 1.47 bits per heavy atom. The zero-order valence-corrected chi connectivity index (χ0v) is 12.0. The molecule has 96 valence electrons. The number of nitrogens with zero attached hydrogens (tertiary/aromatic N) is 1. The van der Waals surface area contributed by atoms with Crippen LogP contribution in [0.1, 0.15) is 61.9 Å². The summed E-state index contributed by atoms with van der Waals surface area (Å²) >= 11 is 1.82. The third kappa shape index (κ3) is 3.29. The molecule has 1 aromatic rings. The highest BCUT2D eigenvalue weighted by Crippen LogP contribution is 2.29. The highest BCUT2D eigenvalue weighted by Gasteiger charge is 2.25. The number of hydrogen-bond acceptors (Lipinski definition) is 3. The number of aromatic nitrogens is 1. The van der Waals surface area contributed by atoms with Crippen LogP contribution in [0.2, 0.25) is 0 Å². The molecule has 3 unspecified atom stereocenters. The molecule has 17 heavy (non-hydrogen) atoms. The molecule has 0 bridgehead atoms. The minimum absolute atomic E-state index is 0.408. The number of thiazole rings is 1. The van der Waals surface area contributed by atoms with Crippen LogP contribution in [-0.4, -0.2) is 11.0 Å². The van der Waals surface area contributed by atoms with Crippen LogP contribution in [0, 0.1) is 12.8 Å². The molecule has 1 aromatic heterocycles. The van der Waals surface area contributed by atoms with Crippen molar-refractivity contribution in [1.82, 2.24) is 10.3 Å². The summed E-state index contributed by atoms with van der Waals surface area (Å²) in [4.78, 5) is 5.80. The van der Waals surface area contributed by atoms with Crippen LogP contribution >= 0.6 is 11.3 Å². The van der Waals surface area contributed by atoms with Crippen LogP contribution in [0.15, 0.2) is 6.20 Å². The van der Waals surface area contributed by atoms with Crippen LogP contribution in [0.25, 0.3) is 0 Å². The monoisotopic (exact) mass is 252 g/mol. The fourth-order valence-electron chi connectivity index (χ4n) is 2.88. The molecule has 0 radical (unpaired) electrons. The Hall–Kier alpha value is -0.410. The predicted octanol–water partition coefficient (Wildman–Crippen LogP) is 4.07. The lowest BCUT2D eigenvalue weighted by Gasteiger charge is -2.33. The van der Waals surface area contributed by atoms with Gasteiger partial charge in [-0.3, -0.25) is 0 Å². The van der Waals surface area contributed by atoms with Gasteiger partial charge in [0.1, 0.15) is 5.01 Å². The van der Waals surface area contributed by atoms with E-state index in [1.165, 1.54) is 42.0 Å². The Bertz CT molecular complexity index is 348. The van der Waals surface area contributed by atoms with E-state index < -0.39 is 0 Å². The van der Waals surface area contributed by atoms with Crippen molar-refractivity contribution in [3.8, 4) is 0 Å². The molecular weight excluding hydrogens is 228 g/mol. The first-order valence-electron chi connectivity index (χ1n) is 6.89. The van der Waals surface area contributed by atoms with Gasteiger partial charge in [0.05, 0.1) is 6.04 Å². The fraction of sp³-hybridized carbons (Fsp3) is 0.786. The predicted molar refractivity (Wildman–Crippen MR) is 74.4 cm³/mol. The molecule has 1 fully saturated rings. The summed E-state index contributed by atoms with van der Waals surface area (Å²) in [5.41, 5.74) is 0. The van der Waals surface area contributed by atoms with Crippen molar-refractivity contribution in [3.63, 3.8) is 0 Å². The quantitative estimate of drug-likeness (QED) is 0.873. The van der Waals surface area contributed by atoms with E-state index >= 15 is 0 Å². The van der Waals surface area contributed by atoms with Crippen molar-refractivity contribution in [2.45, 2.75) is 65.0 Å². The molecule has 0 aliphatic heterocycles. The summed E-state index contributed by atoms with van der Waals surface area (Å²) in [6.07, 6.45) is 8.84. The summed E-state index contributed by atoms with van der Waals surface area (Å²) in [5, 5.41) is 5.04. The summed E-state index contributed by atoms with van der Waals surface area (Å²) in [6, 6.07) is 1.11. The van der Waals surface area contributed by atoms with E-state index in [9.17, 15) is 0 Å². The molecule has 2 rings (SSSR count). The summed E-state index contributed by atoms with van der Waals surface area (Å²) < 4.78 is 0. The average molecular weight is 252 g/mol. The number of rotatable bonds is 4. The molecule has 3 atom stereocenters. The van der Waals surface area contributed by atoms with Gasteiger partial charge in [0.15, 0.2) is 0 Å². The zero-order valence-electron chi connectivity index (χ0n) is 11.2. The first kappa shape index (κ1) is 13.0. The van der Waals surface area contributed by atoms with Gasteiger partial charge in [0, 0.05) is 17.1 Å². The molecule has 1 heterocycles. The second kappa shape index (κ2) is 5.96. The van der Waals surface area contributed by atoms with Crippen molar-refractivity contribution in [3.05, 3.63) is 16.1 Å². The van der Waals surface area contributed by atoms with Gasteiger partial charge < -0.3 is 5.32 Å². The number of aryl methyl sites for hydroxylation is 1. The van der Waals surface area contributed by atoms with Gasteiger partial charge >= 0.3 is 0 Å². The Morgan fingerprint density at radius 2 is 2.24 bits per heavy atom. The summed E-state index contributed by atoms with van der Waals surface area (Å²) in [7, 11) is 0. The van der Waals surface area contributed by atoms with Gasteiger partial charge in [-0.2, -0.15) is 0 Å². The van der Waals surface area contributed by atoms with Crippen molar-refractivity contribution in [1.29, 1.82) is 0 Å². The van der Waals surface area contributed by atoms with Gasteiger partial charge in [-0.15, -0.1) is 11.3 Å². The van der Waals surface area contributed by atoms with Crippen LogP contribution in [0.4, 0.5) is 0 Å². The maximum Gasteiger partial charge on any atom is 0.109 e. The van der Waals surface area contributed by atoms with Gasteiger partial charge in [0.2, 0.25) is 0 Å². The van der Waals surface area contributed by atoms with Crippen LogP contribution in [-0.2, 0) is 0 Å². The molecule has 1 N–H and O–H groups in total. The lowest BCUT2D eigenvalue weighted by Crippen LogP contribution is -2.39. The molecular formula is C14H24N2S. The van der Waals surface area contributed by atoms with Gasteiger partial charge in [-0.05, 0) is 32.6 Å². The molecule has 1 aliphatic carbocycles. The third-order valence-electron chi connectivity index (χ3n) is 3.91. The average Bonchev–Trinajstić information content (AvgIpc) is 2.77. The Kier molecular flexibility index (Phi) is 4.57. The Morgan fingerprint density at radius 3 is 2.88 bits per heavy atom. The lowest BCUT2D eigenvalue weighted by molar-refractivity contribution is 0.240. The molecule has 1 aliphatic rings. The normalized spacial score (nSPS) is 27.0. The second-order valence-electron chi connectivity index (χ2n) is 5.26. The molecule has 0 aromatic carbocycles. The Balaban J connectivity index is 1.94. The first-order valence-corrected chi connectivity index (χ1v) is 7.70. The molecule has 3 heteroatoms. The van der Waals surface area contributed by atoms with Crippen LogP contribution in [0.5, 0.6) is 0 Å². The van der Waals surface area contributed by atoms with Crippen LogP contribution in [0.3, 0.4) is 0 Å². The van der Waals surface area contributed by atoms with Gasteiger partial charge in [-0.1, -0.05) is 26.2 Å². The fourth-order valence-corrected chi connectivity index (χ4v) is 3.67. The van der Waals surface area contributed by atoms with E-state index in [-0.39, 0.29) is 0 Å². The molecule has 0 amide bonds. The lowest BCUT2D eigenvalue weighted by atomic mass is 9.82. The third-order valence-corrected chi connectivity index (χ3v) is 5.00. The van der Waals surface area contributed by atoms with E-state index in [4.69, 9.17) is 0 Å². The van der Waals surface area contributed by atoms with E-state index in [1.54, 1.807) is 0 Å². The van der Waals surface area contributed by atoms with Crippen molar-refractivity contribution in [2.75, 3.05) is 0 Å². The second-order valence-corrected chi connectivity index (χ2v) is 6.52.